The Bertz CT molecular complexity index is 1370. The maximum atomic E-state index is 6.40. The second-order valence-electron chi connectivity index (χ2n) is 9.52. The Morgan fingerprint density at radius 2 is 1.89 bits per heavy atom. The number of nitrogens with one attached hydrogen (secondary N) is 2. The van der Waals surface area contributed by atoms with Gasteiger partial charge in [0.15, 0.2) is 5.96 Å². The number of aromatic nitrogens is 3. The monoisotopic (exact) mass is 481 g/mol. The van der Waals surface area contributed by atoms with E-state index in [1.165, 1.54) is 0 Å². The smallest absolute Gasteiger partial charge is 0.191 e. The lowest BCUT2D eigenvalue weighted by atomic mass is 9.91. The molecule has 2 aromatic heterocycles. The van der Waals surface area contributed by atoms with Crippen molar-refractivity contribution in [3.05, 3.63) is 72.7 Å². The van der Waals surface area contributed by atoms with Crippen molar-refractivity contribution in [1.29, 1.82) is 0 Å². The maximum absolute atomic E-state index is 6.40. The lowest BCUT2D eigenvalue weighted by Gasteiger charge is -2.30. The molecule has 2 aromatic carbocycles. The number of nitrogen functional groups attached to an aromatic ring is 1. The summed E-state index contributed by atoms with van der Waals surface area (Å²) >= 11 is 0. The lowest BCUT2D eigenvalue weighted by molar-refractivity contribution is 0.306. The highest BCUT2D eigenvalue weighted by atomic mass is 16.5. The molecule has 6 rings (SSSR count). The van der Waals surface area contributed by atoms with E-state index >= 15 is 0 Å². The number of nitrogens with zero attached hydrogens (tertiary/aromatic N) is 4. The minimum Gasteiger partial charge on any atom is -0.489 e. The van der Waals surface area contributed by atoms with Gasteiger partial charge in [-0.05, 0) is 48.9 Å². The van der Waals surface area contributed by atoms with Crippen LogP contribution in [0.2, 0.25) is 0 Å². The molecule has 0 unspecified atom stereocenters. The molecule has 0 amide bonds. The van der Waals surface area contributed by atoms with Gasteiger partial charge in [0.2, 0.25) is 0 Å². The number of nitrogens with two attached hydrogens (primary N) is 1. The van der Waals surface area contributed by atoms with Crippen LogP contribution in [0, 0.1) is 0 Å². The molecular weight excluding hydrogens is 450 g/mol. The quantitative estimate of drug-likeness (QED) is 0.380. The molecule has 1 aliphatic heterocycles. The minimum absolute atomic E-state index is 0.365. The van der Waals surface area contributed by atoms with E-state index in [9.17, 15) is 0 Å². The maximum Gasteiger partial charge on any atom is 0.191 e. The van der Waals surface area contributed by atoms with Crippen molar-refractivity contribution < 1.29 is 4.74 Å². The fourth-order valence-electron chi connectivity index (χ4n) is 5.29. The van der Waals surface area contributed by atoms with Crippen LogP contribution < -0.4 is 21.1 Å². The molecule has 8 nitrogen and oxygen atoms in total. The van der Waals surface area contributed by atoms with Gasteiger partial charge in [-0.15, -0.1) is 0 Å². The Labute approximate surface area is 210 Å². The van der Waals surface area contributed by atoms with E-state index in [0.717, 1.165) is 78.2 Å². The number of hydrogen-bond donors (Lipinski definition) is 3. The van der Waals surface area contributed by atoms with E-state index in [2.05, 4.69) is 60.6 Å². The van der Waals surface area contributed by atoms with Crippen LogP contribution in [0.15, 0.2) is 72.1 Å². The van der Waals surface area contributed by atoms with E-state index in [1.807, 2.05) is 30.3 Å². The van der Waals surface area contributed by atoms with Gasteiger partial charge in [0.05, 0.1) is 11.9 Å². The Balaban J connectivity index is 1.25. The number of guanidine groups is 1. The summed E-state index contributed by atoms with van der Waals surface area (Å²) in [5.41, 5.74) is 10.5. The normalized spacial score (nSPS) is 19.6. The van der Waals surface area contributed by atoms with Gasteiger partial charge >= 0.3 is 0 Å². The summed E-state index contributed by atoms with van der Waals surface area (Å²) < 4.78 is 8.40. The van der Waals surface area contributed by atoms with Crippen LogP contribution in [0.4, 0.5) is 5.82 Å². The molecule has 0 bridgehead atoms. The van der Waals surface area contributed by atoms with E-state index in [0.29, 0.717) is 24.5 Å². The van der Waals surface area contributed by atoms with E-state index in [-0.39, 0.29) is 0 Å². The molecule has 3 heterocycles. The third kappa shape index (κ3) is 4.58. The molecule has 184 valence electrons. The Hall–Kier alpha value is -4.07. The SMILES string of the molecule is Nc1ncnc2c1c(-c1cccc(OCc3ccccc3)c1)cn2[C@H]1CC[C@@H](NC2=NCCN2)CC1. The molecule has 0 atom stereocenters. The largest absolute Gasteiger partial charge is 0.489 e. The first-order valence-electron chi connectivity index (χ1n) is 12.7. The average molecular weight is 482 g/mol. The van der Waals surface area contributed by atoms with Crippen molar-refractivity contribution in [3.8, 4) is 16.9 Å². The summed E-state index contributed by atoms with van der Waals surface area (Å²) in [7, 11) is 0. The van der Waals surface area contributed by atoms with Gasteiger partial charge in [-0.2, -0.15) is 0 Å². The van der Waals surface area contributed by atoms with E-state index in [1.54, 1.807) is 6.33 Å². The molecule has 0 spiro atoms. The van der Waals surface area contributed by atoms with Crippen LogP contribution >= 0.6 is 0 Å². The second kappa shape index (κ2) is 9.89. The summed E-state index contributed by atoms with van der Waals surface area (Å²) in [5.74, 6) is 2.27. The van der Waals surface area contributed by atoms with Gasteiger partial charge in [-0.3, -0.25) is 4.99 Å². The zero-order chi connectivity index (χ0) is 24.3. The average Bonchev–Trinajstić information content (AvgIpc) is 3.58. The Morgan fingerprint density at radius 1 is 1.03 bits per heavy atom. The number of benzene rings is 2. The molecule has 4 aromatic rings. The van der Waals surface area contributed by atoms with Gasteiger partial charge in [-0.25, -0.2) is 9.97 Å². The zero-order valence-corrected chi connectivity index (χ0v) is 20.2. The zero-order valence-electron chi connectivity index (χ0n) is 20.2. The standard InChI is InChI=1S/C28H31N7O/c29-26-25-24(20-7-4-8-23(15-20)36-17-19-5-2-1-3-6-19)16-35(27(25)33-18-32-26)22-11-9-21(10-12-22)34-28-30-13-14-31-28/h1-8,15-16,18,21-22H,9-14,17H2,(H2,29,32,33)(H2,30,31,34)/t21-,22+. The molecule has 0 radical (unpaired) electrons. The molecule has 36 heavy (non-hydrogen) atoms. The van der Waals surface area contributed by atoms with Gasteiger partial charge in [0, 0.05) is 30.4 Å². The van der Waals surface area contributed by atoms with Crippen molar-refractivity contribution in [2.24, 2.45) is 4.99 Å². The first-order valence-corrected chi connectivity index (χ1v) is 12.7. The number of anilines is 1. The van der Waals surface area contributed by atoms with Crippen molar-refractivity contribution in [1.82, 2.24) is 25.2 Å². The summed E-state index contributed by atoms with van der Waals surface area (Å²) in [6.45, 7) is 2.31. The first-order chi connectivity index (χ1) is 17.7. The predicted octanol–water partition coefficient (Wildman–Crippen LogP) is 4.29. The second-order valence-corrected chi connectivity index (χ2v) is 9.52. The molecule has 0 saturated heterocycles. The summed E-state index contributed by atoms with van der Waals surface area (Å²) in [4.78, 5) is 13.5. The predicted molar refractivity (Wildman–Crippen MR) is 143 cm³/mol. The molecule has 1 aliphatic carbocycles. The van der Waals surface area contributed by atoms with Gasteiger partial charge in [0.25, 0.3) is 0 Å². The fraction of sp³-hybridized carbons (Fsp3) is 0.321. The Kier molecular flexibility index (Phi) is 6.15. The van der Waals surface area contributed by atoms with Crippen LogP contribution in [0.5, 0.6) is 5.75 Å². The highest BCUT2D eigenvalue weighted by Gasteiger charge is 2.26. The van der Waals surface area contributed by atoms with E-state index in [4.69, 9.17) is 10.5 Å². The summed E-state index contributed by atoms with van der Waals surface area (Å²) in [6, 6.07) is 19.2. The number of hydrogen-bond acceptors (Lipinski definition) is 7. The number of ether oxygens (including phenoxy) is 1. The van der Waals surface area contributed by atoms with Gasteiger partial charge in [0.1, 0.15) is 30.1 Å². The molecule has 1 saturated carbocycles. The van der Waals surface area contributed by atoms with Crippen LogP contribution in [-0.4, -0.2) is 39.6 Å². The molecule has 2 aliphatic rings. The molecule has 1 fully saturated rings. The number of rotatable bonds is 6. The number of aliphatic imine (C=N–C) groups is 1. The summed E-state index contributed by atoms with van der Waals surface area (Å²) in [6.07, 6.45) is 8.07. The van der Waals surface area contributed by atoms with Gasteiger partial charge in [-0.1, -0.05) is 42.5 Å². The van der Waals surface area contributed by atoms with Crippen LogP contribution in [0.25, 0.3) is 22.2 Å². The highest BCUT2D eigenvalue weighted by Crippen LogP contribution is 2.38. The number of fused-ring (bicyclic) bond motifs is 1. The lowest BCUT2D eigenvalue weighted by Crippen LogP contribution is -2.42. The fourth-order valence-corrected chi connectivity index (χ4v) is 5.29. The van der Waals surface area contributed by atoms with Gasteiger partial charge < -0.3 is 25.7 Å². The van der Waals surface area contributed by atoms with Crippen LogP contribution in [-0.2, 0) is 6.61 Å². The molecule has 8 heteroatoms. The van der Waals surface area contributed by atoms with Crippen molar-refractivity contribution >= 4 is 22.8 Å². The third-order valence-corrected chi connectivity index (χ3v) is 7.14. The molecule has 4 N–H and O–H groups in total. The van der Waals surface area contributed by atoms with Crippen LogP contribution in [0.3, 0.4) is 0 Å². The third-order valence-electron chi connectivity index (χ3n) is 7.14. The molecular formula is C28H31N7O. The van der Waals surface area contributed by atoms with Crippen molar-refractivity contribution in [2.75, 3.05) is 18.8 Å². The minimum atomic E-state index is 0.365. The first kappa shape index (κ1) is 22.4. The topological polar surface area (TPSA) is 102 Å². The van der Waals surface area contributed by atoms with E-state index < -0.39 is 0 Å². The Morgan fingerprint density at radius 3 is 2.69 bits per heavy atom. The van der Waals surface area contributed by atoms with Crippen molar-refractivity contribution in [2.45, 2.75) is 44.4 Å². The highest BCUT2D eigenvalue weighted by molar-refractivity contribution is 6.00. The van der Waals surface area contributed by atoms with Crippen molar-refractivity contribution in [3.63, 3.8) is 0 Å². The van der Waals surface area contributed by atoms with Crippen LogP contribution in [0.1, 0.15) is 37.3 Å². The summed E-state index contributed by atoms with van der Waals surface area (Å²) in [5, 5.41) is 7.79.